The fourth-order valence-electron chi connectivity index (χ4n) is 4.32. The predicted octanol–water partition coefficient (Wildman–Crippen LogP) is 3.08. The lowest BCUT2D eigenvalue weighted by molar-refractivity contribution is -0.454. The Morgan fingerprint density at radius 1 is 1.28 bits per heavy atom. The van der Waals surface area contributed by atoms with Gasteiger partial charge in [0.15, 0.2) is 5.04 Å². The second-order valence-corrected chi connectivity index (χ2v) is 13.8. The number of thiazole rings is 1. The molecule has 6 rings (SSSR count). The molecule has 0 spiro atoms. The number of thioether (sulfide) groups is 1. The van der Waals surface area contributed by atoms with Crippen LogP contribution in [0, 0.1) is 12.8 Å². The van der Waals surface area contributed by atoms with Crippen LogP contribution in [0.25, 0.3) is 10.9 Å². The molecule has 2 aliphatic heterocycles. The summed E-state index contributed by atoms with van der Waals surface area (Å²) < 4.78 is 30.6. The van der Waals surface area contributed by atoms with Gasteiger partial charge in [-0.05, 0) is 62.2 Å². The second kappa shape index (κ2) is 8.33. The Bertz CT molecular complexity index is 1600. The van der Waals surface area contributed by atoms with Crippen LogP contribution in [0.1, 0.15) is 35.2 Å². The number of imide groups is 1. The molecule has 4 heterocycles. The van der Waals surface area contributed by atoms with Crippen LogP contribution in [-0.2, 0) is 27.9 Å². The van der Waals surface area contributed by atoms with Crippen LogP contribution in [0.15, 0.2) is 40.9 Å². The normalized spacial score (nSPS) is 21.3. The summed E-state index contributed by atoms with van der Waals surface area (Å²) in [6, 6.07) is 5.21. The zero-order valence-corrected chi connectivity index (χ0v) is 22.0. The Kier molecular flexibility index (Phi) is 5.44. The summed E-state index contributed by atoms with van der Waals surface area (Å²) in [6.45, 7) is 3.99. The van der Waals surface area contributed by atoms with E-state index in [1.54, 1.807) is 12.4 Å². The quantitative estimate of drug-likeness (QED) is 0.438. The van der Waals surface area contributed by atoms with E-state index in [0.29, 0.717) is 5.04 Å². The number of H-pyrrole nitrogens is 1. The minimum Gasteiger partial charge on any atom is -0.278 e. The van der Waals surface area contributed by atoms with E-state index in [4.69, 9.17) is 0 Å². The lowest BCUT2D eigenvalue weighted by atomic mass is 10.1. The van der Waals surface area contributed by atoms with E-state index in [0.717, 1.165) is 51.0 Å². The molecule has 1 fully saturated rings. The summed E-state index contributed by atoms with van der Waals surface area (Å²) in [5.74, 6) is -1.28. The number of hydrogen-bond acceptors (Lipinski definition) is 8. The number of nitrogens with one attached hydrogen (secondary N) is 2. The van der Waals surface area contributed by atoms with Gasteiger partial charge in [-0.1, -0.05) is 6.07 Å². The van der Waals surface area contributed by atoms with Crippen molar-refractivity contribution in [2.24, 2.45) is 5.92 Å². The maximum Gasteiger partial charge on any atom is 0.501 e. The maximum atomic E-state index is 13.7. The molecule has 10 nitrogen and oxygen atoms in total. The Balaban J connectivity index is 1.39. The molecule has 3 amide bonds. The average molecular weight is 544 g/mol. The Morgan fingerprint density at radius 2 is 2.08 bits per heavy atom. The van der Waals surface area contributed by atoms with Gasteiger partial charge in [0.1, 0.15) is 23.2 Å². The number of rotatable bonds is 7. The first kappa shape index (κ1) is 23.5. The number of carbonyl (C=O) groups excluding carboxylic acids is 2. The highest BCUT2D eigenvalue weighted by Gasteiger charge is 2.53. The van der Waals surface area contributed by atoms with Gasteiger partial charge >= 0.3 is 11.9 Å². The molecule has 1 saturated carbocycles. The van der Waals surface area contributed by atoms with Crippen molar-refractivity contribution in [2.75, 3.05) is 0 Å². The first-order valence-corrected chi connectivity index (χ1v) is 14.5. The van der Waals surface area contributed by atoms with Gasteiger partial charge in [0.2, 0.25) is 10.0 Å². The van der Waals surface area contributed by atoms with Crippen molar-refractivity contribution in [1.29, 1.82) is 0 Å². The van der Waals surface area contributed by atoms with Gasteiger partial charge in [-0.3, -0.25) is 5.10 Å². The predicted molar refractivity (Wildman–Crippen MR) is 137 cm³/mol. The number of amides is 3. The van der Waals surface area contributed by atoms with Crippen molar-refractivity contribution in [3.05, 3.63) is 56.4 Å². The maximum absolute atomic E-state index is 13.7. The van der Waals surface area contributed by atoms with Gasteiger partial charge in [-0.25, -0.2) is 22.9 Å². The van der Waals surface area contributed by atoms with Crippen molar-refractivity contribution >= 4 is 61.0 Å². The van der Waals surface area contributed by atoms with Crippen LogP contribution in [0.5, 0.6) is 0 Å². The standard InChI is InChI=1S/C23H23N6O4S3/c1-13-24-10-16(34-13)12-28-20(30)17-8-19(36(32,33)27-23(2)5-6-23)35-21(17)29(22(28)31)11-14-3-4-18-15(7-14)9-25-26-18/h3-4,7-10,17,27H,5-6,11-12H2,1-2H3,(H,25,26)/q+1. The van der Waals surface area contributed by atoms with Crippen LogP contribution in [-0.4, -0.2) is 55.6 Å². The lowest BCUT2D eigenvalue weighted by Crippen LogP contribution is -2.52. The summed E-state index contributed by atoms with van der Waals surface area (Å²) in [5, 5.41) is 9.10. The van der Waals surface area contributed by atoms with E-state index >= 15 is 0 Å². The Morgan fingerprint density at radius 3 is 2.81 bits per heavy atom. The summed E-state index contributed by atoms with van der Waals surface area (Å²) in [6.07, 6.45) is 6.38. The summed E-state index contributed by atoms with van der Waals surface area (Å²) in [4.78, 5) is 33.4. The Hall–Kier alpha value is -2.87. The number of benzene rings is 1. The van der Waals surface area contributed by atoms with Gasteiger partial charge in [0.25, 0.3) is 0 Å². The van der Waals surface area contributed by atoms with Gasteiger partial charge in [0.05, 0.1) is 21.6 Å². The van der Waals surface area contributed by atoms with Gasteiger partial charge in [0, 0.05) is 17.1 Å². The first-order valence-electron chi connectivity index (χ1n) is 11.4. The fraction of sp³-hybridized carbons (Fsp3) is 0.348. The number of sulfonamides is 1. The molecular weight excluding hydrogens is 520 g/mol. The van der Waals surface area contributed by atoms with E-state index < -0.39 is 33.4 Å². The van der Waals surface area contributed by atoms with Crippen molar-refractivity contribution in [3.63, 3.8) is 0 Å². The molecule has 1 unspecified atom stereocenters. The second-order valence-electron chi connectivity index (χ2n) is 9.50. The number of urea groups is 1. The third-order valence-corrected chi connectivity index (χ3v) is 10.8. The number of carbonyl (C=O) groups is 2. The van der Waals surface area contributed by atoms with E-state index in [1.807, 2.05) is 32.0 Å². The molecule has 13 heteroatoms. The number of aromatic amines is 1. The SMILES string of the molecule is Cc1ncc(CN2C(=O)C3C=C(S(=O)(=O)NC4(C)CC4)SC3=[N+](Cc3ccc4[nH]ncc4c3)C2=O)s1. The van der Waals surface area contributed by atoms with E-state index in [9.17, 15) is 18.0 Å². The zero-order valence-electron chi connectivity index (χ0n) is 19.5. The van der Waals surface area contributed by atoms with Gasteiger partial charge in [-0.15, -0.1) is 11.3 Å². The highest BCUT2D eigenvalue weighted by molar-refractivity contribution is 8.27. The molecule has 1 aliphatic carbocycles. The van der Waals surface area contributed by atoms with E-state index in [-0.39, 0.29) is 17.3 Å². The molecule has 1 atom stereocenters. The smallest absolute Gasteiger partial charge is 0.278 e. The summed E-state index contributed by atoms with van der Waals surface area (Å²) in [7, 11) is -3.82. The van der Waals surface area contributed by atoms with Crippen molar-refractivity contribution in [3.8, 4) is 0 Å². The van der Waals surface area contributed by atoms with Crippen LogP contribution < -0.4 is 4.72 Å². The largest absolute Gasteiger partial charge is 0.501 e. The summed E-state index contributed by atoms with van der Waals surface area (Å²) in [5.41, 5.74) is 1.26. The molecule has 1 aromatic carbocycles. The van der Waals surface area contributed by atoms with Crippen LogP contribution in [0.2, 0.25) is 0 Å². The molecule has 3 aromatic rings. The molecule has 186 valence electrons. The monoisotopic (exact) mass is 543 g/mol. The van der Waals surface area contributed by atoms with Crippen LogP contribution in [0.4, 0.5) is 4.79 Å². The average Bonchev–Trinajstić information content (AvgIpc) is 3.25. The highest BCUT2D eigenvalue weighted by atomic mass is 32.3. The van der Waals surface area contributed by atoms with Crippen molar-refractivity contribution in [1.82, 2.24) is 24.8 Å². The molecular formula is C23H23N6O4S3+. The number of hydrogen-bond donors (Lipinski definition) is 2. The molecule has 2 aromatic heterocycles. The number of fused-ring (bicyclic) bond motifs is 2. The number of aromatic nitrogens is 3. The number of aryl methyl sites for hydroxylation is 1. The molecule has 0 saturated heterocycles. The summed E-state index contributed by atoms with van der Waals surface area (Å²) >= 11 is 2.40. The minimum atomic E-state index is -3.82. The highest BCUT2D eigenvalue weighted by Crippen LogP contribution is 2.42. The van der Waals surface area contributed by atoms with Gasteiger partial charge in [-0.2, -0.15) is 19.4 Å². The van der Waals surface area contributed by atoms with E-state index in [1.165, 1.54) is 26.9 Å². The molecule has 3 aliphatic rings. The van der Waals surface area contributed by atoms with Crippen molar-refractivity contribution < 1.29 is 22.6 Å². The van der Waals surface area contributed by atoms with Crippen LogP contribution in [0.3, 0.4) is 0 Å². The third-order valence-electron chi connectivity index (χ3n) is 6.51. The topological polar surface area (TPSA) is 128 Å². The minimum absolute atomic E-state index is 0.0579. The van der Waals surface area contributed by atoms with E-state index in [2.05, 4.69) is 19.9 Å². The van der Waals surface area contributed by atoms with Crippen molar-refractivity contribution in [2.45, 2.75) is 45.3 Å². The molecule has 0 bridgehead atoms. The number of nitrogens with zero attached hydrogens (tertiary/aromatic N) is 4. The lowest BCUT2D eigenvalue weighted by Gasteiger charge is -2.23. The fourth-order valence-corrected chi connectivity index (χ4v) is 8.15. The van der Waals surface area contributed by atoms with Gasteiger partial charge < -0.3 is 0 Å². The third kappa shape index (κ3) is 4.19. The molecule has 0 radical (unpaired) electrons. The Labute approximate surface area is 215 Å². The molecule has 36 heavy (non-hydrogen) atoms. The zero-order chi connectivity index (χ0) is 25.2. The van der Waals surface area contributed by atoms with Crippen LogP contribution >= 0.6 is 23.1 Å². The molecule has 2 N–H and O–H groups in total. The first-order chi connectivity index (χ1) is 17.1.